The fourth-order valence-electron chi connectivity index (χ4n) is 4.23. The minimum absolute atomic E-state index is 0.0124. The third-order valence-electron chi connectivity index (χ3n) is 6.08. The van der Waals surface area contributed by atoms with E-state index in [1.54, 1.807) is 6.92 Å². The van der Waals surface area contributed by atoms with Crippen LogP contribution in [0, 0.1) is 11.6 Å². The maximum absolute atomic E-state index is 14.2. The van der Waals surface area contributed by atoms with E-state index >= 15 is 0 Å². The van der Waals surface area contributed by atoms with Crippen molar-refractivity contribution < 1.29 is 36.3 Å². The molecule has 42 heavy (non-hydrogen) atoms. The lowest BCUT2D eigenvalue weighted by Crippen LogP contribution is -2.22. The molecule has 2 N–H and O–H groups in total. The van der Waals surface area contributed by atoms with Gasteiger partial charge in [0.25, 0.3) is 11.8 Å². The molecule has 14 heteroatoms. The normalized spacial score (nSPS) is 12.1. The number of ketones is 1. The van der Waals surface area contributed by atoms with Gasteiger partial charge in [-0.3, -0.25) is 19.4 Å². The van der Waals surface area contributed by atoms with E-state index in [0.717, 1.165) is 12.1 Å². The van der Waals surface area contributed by atoms with Crippen LogP contribution in [0.1, 0.15) is 57.6 Å². The van der Waals surface area contributed by atoms with E-state index < -0.39 is 59.0 Å². The van der Waals surface area contributed by atoms with E-state index in [-0.39, 0.29) is 34.0 Å². The number of benzene rings is 2. The number of hydrogen-bond acceptors (Lipinski definition) is 5. The van der Waals surface area contributed by atoms with Gasteiger partial charge in [0.05, 0.1) is 17.8 Å². The minimum Gasteiger partial charge on any atom is -0.319 e. The average molecular weight is 606 g/mol. The van der Waals surface area contributed by atoms with Crippen molar-refractivity contribution in [3.63, 3.8) is 0 Å². The van der Waals surface area contributed by atoms with E-state index in [4.69, 9.17) is 11.6 Å². The number of carbonyl (C=O) groups excluding carboxylic acids is 3. The number of halogens is 6. The monoisotopic (exact) mass is 605 g/mol. The molecule has 0 saturated heterocycles. The first-order valence-electron chi connectivity index (χ1n) is 12.2. The van der Waals surface area contributed by atoms with E-state index in [0.29, 0.717) is 17.8 Å². The van der Waals surface area contributed by atoms with Crippen molar-refractivity contribution in [2.24, 2.45) is 0 Å². The molecule has 2 heterocycles. The van der Waals surface area contributed by atoms with Gasteiger partial charge in [-0.1, -0.05) is 18.5 Å². The number of carbonyl (C=O) groups is 3. The highest BCUT2D eigenvalue weighted by molar-refractivity contribution is 6.31. The molecule has 4 aromatic rings. The number of nitrogens with zero attached hydrogens (tertiary/aromatic N) is 3. The quantitative estimate of drug-likeness (QED) is 0.224. The van der Waals surface area contributed by atoms with Crippen LogP contribution < -0.4 is 10.6 Å². The zero-order chi connectivity index (χ0) is 30.8. The van der Waals surface area contributed by atoms with Gasteiger partial charge in [-0.15, -0.1) is 0 Å². The molecule has 0 unspecified atom stereocenters. The molecule has 0 aliphatic carbocycles. The largest absolute Gasteiger partial charge is 0.416 e. The highest BCUT2D eigenvalue weighted by Crippen LogP contribution is 2.36. The second-order valence-corrected chi connectivity index (χ2v) is 9.62. The number of amides is 2. The molecule has 4 rings (SSSR count). The van der Waals surface area contributed by atoms with Gasteiger partial charge in [-0.2, -0.15) is 13.2 Å². The SMILES string of the molecule is CC(=O)Cn1c(C(=O)Nc2ccncc2)nc(NC(=O)c2cc(F)cc(C(F)(F)F)c2)c1[C@@H](C)c1cc(F)ccc1Cl. The number of anilines is 2. The third-order valence-corrected chi connectivity index (χ3v) is 6.43. The first kappa shape index (κ1) is 30.3. The second kappa shape index (κ2) is 12.1. The Bertz CT molecular complexity index is 1670. The molecule has 2 amide bonds. The van der Waals surface area contributed by atoms with Crippen LogP contribution in [0.2, 0.25) is 5.02 Å². The summed E-state index contributed by atoms with van der Waals surface area (Å²) in [4.78, 5) is 46.8. The zero-order valence-corrected chi connectivity index (χ0v) is 22.6. The molecule has 0 fully saturated rings. The Morgan fingerprint density at radius 2 is 1.64 bits per heavy atom. The number of pyridine rings is 1. The lowest BCUT2D eigenvalue weighted by atomic mass is 9.96. The van der Waals surface area contributed by atoms with Crippen molar-refractivity contribution in [3.8, 4) is 0 Å². The Labute approximate surface area is 240 Å². The van der Waals surface area contributed by atoms with Crippen LogP contribution in [0.4, 0.5) is 33.5 Å². The number of rotatable bonds is 8. The lowest BCUT2D eigenvalue weighted by molar-refractivity contribution is -0.137. The summed E-state index contributed by atoms with van der Waals surface area (Å²) in [5.74, 6) is -6.01. The summed E-state index contributed by atoms with van der Waals surface area (Å²) in [5.41, 5.74) is -1.55. The van der Waals surface area contributed by atoms with Crippen molar-refractivity contribution in [3.05, 3.63) is 106 Å². The molecule has 2 aromatic heterocycles. The topological polar surface area (TPSA) is 106 Å². The molecule has 218 valence electrons. The molecule has 0 spiro atoms. The van der Waals surface area contributed by atoms with Crippen LogP contribution in [0.3, 0.4) is 0 Å². The molecule has 8 nitrogen and oxygen atoms in total. The molecule has 0 aliphatic heterocycles. The number of hydrogen-bond donors (Lipinski definition) is 2. The van der Waals surface area contributed by atoms with Crippen LogP contribution in [0.25, 0.3) is 0 Å². The van der Waals surface area contributed by atoms with E-state index in [1.807, 2.05) is 0 Å². The molecular formula is C28H21ClF5N5O3. The summed E-state index contributed by atoms with van der Waals surface area (Å²) in [6.45, 7) is 2.35. The average Bonchev–Trinajstić information content (AvgIpc) is 3.26. The van der Waals surface area contributed by atoms with E-state index in [2.05, 4.69) is 20.6 Å². The van der Waals surface area contributed by atoms with Crippen LogP contribution in [-0.4, -0.2) is 32.1 Å². The maximum atomic E-state index is 14.2. The van der Waals surface area contributed by atoms with Gasteiger partial charge in [0, 0.05) is 34.6 Å². The lowest BCUT2D eigenvalue weighted by Gasteiger charge is -2.19. The summed E-state index contributed by atoms with van der Waals surface area (Å²) in [6.07, 6.45) is -2.11. The zero-order valence-electron chi connectivity index (χ0n) is 21.9. The number of alkyl halides is 3. The molecule has 0 bridgehead atoms. The Morgan fingerprint density at radius 1 is 0.952 bits per heavy atom. The molecule has 0 saturated carbocycles. The van der Waals surface area contributed by atoms with Crippen molar-refractivity contribution in [1.82, 2.24) is 14.5 Å². The molecular weight excluding hydrogens is 585 g/mol. The van der Waals surface area contributed by atoms with Crippen LogP contribution in [0.15, 0.2) is 60.9 Å². The number of aromatic nitrogens is 3. The number of nitrogens with one attached hydrogen (secondary N) is 2. The maximum Gasteiger partial charge on any atom is 0.416 e. The molecule has 0 aliphatic rings. The Kier molecular flexibility index (Phi) is 8.71. The Hall–Kier alpha value is -4.65. The summed E-state index contributed by atoms with van der Waals surface area (Å²) in [5, 5.41) is 5.02. The van der Waals surface area contributed by atoms with Gasteiger partial charge in [0.1, 0.15) is 17.4 Å². The van der Waals surface area contributed by atoms with Crippen molar-refractivity contribution in [2.75, 3.05) is 10.6 Å². The fraction of sp³-hybridized carbons (Fsp3) is 0.179. The number of imidazole rings is 1. The van der Waals surface area contributed by atoms with Crippen molar-refractivity contribution in [2.45, 2.75) is 32.5 Å². The molecule has 2 aromatic carbocycles. The molecule has 0 radical (unpaired) electrons. The van der Waals surface area contributed by atoms with Gasteiger partial charge < -0.3 is 15.2 Å². The van der Waals surface area contributed by atoms with Gasteiger partial charge in [0.15, 0.2) is 5.82 Å². The third kappa shape index (κ3) is 6.79. The summed E-state index contributed by atoms with van der Waals surface area (Å²) < 4.78 is 69.3. The second-order valence-electron chi connectivity index (χ2n) is 9.22. The standard InChI is InChI=1S/C28H21ClF5N5O3/c1-14(40)13-39-23(15(2)21-12-18(30)3-4-22(21)29)24(37-25(39)27(42)36-20-5-7-35-8-6-20)38-26(41)16-9-17(28(32,33)34)11-19(31)10-16/h3-12,15H,13H2,1-2H3,(H,38,41)(H,35,36,42)/t15-/m0/s1. The summed E-state index contributed by atoms with van der Waals surface area (Å²) >= 11 is 6.32. The highest BCUT2D eigenvalue weighted by Gasteiger charge is 2.33. The van der Waals surface area contributed by atoms with Gasteiger partial charge in [-0.25, -0.2) is 13.8 Å². The summed E-state index contributed by atoms with van der Waals surface area (Å²) in [6, 6.07) is 7.77. The van der Waals surface area contributed by atoms with Crippen molar-refractivity contribution in [1.29, 1.82) is 0 Å². The molecule has 1 atom stereocenters. The van der Waals surface area contributed by atoms with Gasteiger partial charge in [0.2, 0.25) is 5.82 Å². The predicted molar refractivity (Wildman–Crippen MR) is 143 cm³/mol. The van der Waals surface area contributed by atoms with Crippen molar-refractivity contribution >= 4 is 40.7 Å². The minimum atomic E-state index is -4.94. The fourth-order valence-corrected chi connectivity index (χ4v) is 4.51. The van der Waals surface area contributed by atoms with Crippen LogP contribution in [-0.2, 0) is 17.5 Å². The van der Waals surface area contributed by atoms with Crippen LogP contribution in [0.5, 0.6) is 0 Å². The van der Waals surface area contributed by atoms with Gasteiger partial charge in [-0.05, 0) is 61.0 Å². The van der Waals surface area contributed by atoms with Crippen LogP contribution >= 0.6 is 11.6 Å². The highest BCUT2D eigenvalue weighted by atomic mass is 35.5. The first-order chi connectivity index (χ1) is 19.7. The Balaban J connectivity index is 1.87. The van der Waals surface area contributed by atoms with E-state index in [1.165, 1.54) is 42.1 Å². The predicted octanol–water partition coefficient (Wildman–Crippen LogP) is 6.47. The Morgan fingerprint density at radius 3 is 2.29 bits per heavy atom. The summed E-state index contributed by atoms with van der Waals surface area (Å²) in [7, 11) is 0. The smallest absolute Gasteiger partial charge is 0.319 e. The first-order valence-corrected chi connectivity index (χ1v) is 12.6. The number of Topliss-reactive ketones (excluding diaryl/α,β-unsaturated/α-hetero) is 1. The van der Waals surface area contributed by atoms with Gasteiger partial charge >= 0.3 is 6.18 Å². The van der Waals surface area contributed by atoms with E-state index in [9.17, 15) is 36.3 Å².